The molecule has 32 heavy (non-hydrogen) atoms. The number of anilines is 2. The molecule has 0 bridgehead atoms. The van der Waals surface area contributed by atoms with Gasteiger partial charge in [0.2, 0.25) is 5.91 Å². The highest BCUT2D eigenvalue weighted by Gasteiger charge is 2.19. The Morgan fingerprint density at radius 2 is 2.00 bits per heavy atom. The molecule has 0 fully saturated rings. The number of nitrogens with zero attached hydrogens (tertiary/aromatic N) is 5. The minimum Gasteiger partial charge on any atom is -0.382 e. The molecule has 3 heterocycles. The van der Waals surface area contributed by atoms with E-state index in [0.717, 1.165) is 28.0 Å². The summed E-state index contributed by atoms with van der Waals surface area (Å²) >= 11 is 0. The molecule has 0 saturated carbocycles. The highest BCUT2D eigenvalue weighted by Crippen LogP contribution is 2.26. The highest BCUT2D eigenvalue weighted by molar-refractivity contribution is 6.01. The van der Waals surface area contributed by atoms with Crippen molar-refractivity contribution in [3.05, 3.63) is 85.5 Å². The quantitative estimate of drug-likeness (QED) is 0.406. The molecule has 0 aliphatic carbocycles. The predicted molar refractivity (Wildman–Crippen MR) is 126 cm³/mol. The third kappa shape index (κ3) is 3.37. The standard InChI is InChI=1S/C24H21N7O/c1-2-21(32)30(17-6-4-3-5-7-17)13-11-19-22-23(24(25)28-15-27-22)31(29-19)18-9-8-16-10-12-26-20(16)14-18/h2-10,12,14-15,26H,1,11,13H2,(H2,25,27,28). The van der Waals surface area contributed by atoms with Gasteiger partial charge in [0.1, 0.15) is 17.4 Å². The van der Waals surface area contributed by atoms with Gasteiger partial charge < -0.3 is 15.6 Å². The molecule has 0 atom stereocenters. The molecule has 0 unspecified atom stereocenters. The van der Waals surface area contributed by atoms with Crippen LogP contribution < -0.4 is 10.6 Å². The number of para-hydroxylation sites is 1. The van der Waals surface area contributed by atoms with Crippen LogP contribution in [0.25, 0.3) is 27.6 Å². The van der Waals surface area contributed by atoms with Crippen LogP contribution in [0.15, 0.2) is 79.8 Å². The largest absolute Gasteiger partial charge is 0.382 e. The number of nitrogens with two attached hydrogens (primary N) is 1. The van der Waals surface area contributed by atoms with Crippen LogP contribution in [0.3, 0.4) is 0 Å². The van der Waals surface area contributed by atoms with Crippen molar-refractivity contribution in [2.45, 2.75) is 6.42 Å². The van der Waals surface area contributed by atoms with Gasteiger partial charge in [-0.05, 0) is 41.8 Å². The average molecular weight is 423 g/mol. The zero-order chi connectivity index (χ0) is 22.1. The van der Waals surface area contributed by atoms with Crippen molar-refractivity contribution in [1.82, 2.24) is 24.7 Å². The zero-order valence-electron chi connectivity index (χ0n) is 17.3. The number of hydrogen-bond acceptors (Lipinski definition) is 5. The maximum absolute atomic E-state index is 12.5. The number of amides is 1. The summed E-state index contributed by atoms with van der Waals surface area (Å²) in [5, 5.41) is 5.93. The zero-order valence-corrected chi connectivity index (χ0v) is 17.3. The summed E-state index contributed by atoms with van der Waals surface area (Å²) < 4.78 is 1.77. The number of H-pyrrole nitrogens is 1. The number of benzene rings is 2. The molecule has 2 aromatic carbocycles. The van der Waals surface area contributed by atoms with Crippen LogP contribution in [-0.4, -0.2) is 37.2 Å². The molecule has 0 spiro atoms. The number of hydrogen-bond donors (Lipinski definition) is 2. The summed E-state index contributed by atoms with van der Waals surface area (Å²) in [6.07, 6.45) is 5.13. The van der Waals surface area contributed by atoms with Crippen LogP contribution in [0.4, 0.5) is 11.5 Å². The molecule has 158 valence electrons. The molecule has 5 rings (SSSR count). The van der Waals surface area contributed by atoms with Gasteiger partial charge in [0.25, 0.3) is 0 Å². The molecule has 5 aromatic rings. The Morgan fingerprint density at radius 1 is 1.16 bits per heavy atom. The normalized spacial score (nSPS) is 11.1. The van der Waals surface area contributed by atoms with Crippen molar-refractivity contribution in [1.29, 1.82) is 0 Å². The third-order valence-corrected chi connectivity index (χ3v) is 5.42. The van der Waals surface area contributed by atoms with E-state index in [1.54, 1.807) is 9.58 Å². The SMILES string of the molecule is C=CC(=O)N(CCc1nn(-c2ccc3cc[nH]c3c2)c2c(N)ncnc12)c1ccccc1. The van der Waals surface area contributed by atoms with E-state index >= 15 is 0 Å². The van der Waals surface area contributed by atoms with Crippen LogP contribution in [0.2, 0.25) is 0 Å². The van der Waals surface area contributed by atoms with E-state index in [1.807, 2.05) is 60.8 Å². The van der Waals surface area contributed by atoms with Gasteiger partial charge in [-0.1, -0.05) is 30.8 Å². The Kier molecular flexibility index (Phi) is 4.87. The first-order chi connectivity index (χ1) is 15.7. The monoisotopic (exact) mass is 423 g/mol. The van der Waals surface area contributed by atoms with Crippen LogP contribution in [0, 0.1) is 0 Å². The molecule has 0 saturated heterocycles. The molecule has 8 nitrogen and oxygen atoms in total. The fraction of sp³-hybridized carbons (Fsp3) is 0.0833. The van der Waals surface area contributed by atoms with Gasteiger partial charge in [-0.3, -0.25) is 4.79 Å². The first-order valence-corrected chi connectivity index (χ1v) is 10.2. The molecule has 0 aliphatic rings. The average Bonchev–Trinajstić information content (AvgIpc) is 3.44. The summed E-state index contributed by atoms with van der Waals surface area (Å²) in [5.41, 5.74) is 10.9. The van der Waals surface area contributed by atoms with Gasteiger partial charge in [0.15, 0.2) is 5.82 Å². The second-order valence-corrected chi connectivity index (χ2v) is 7.34. The van der Waals surface area contributed by atoms with E-state index in [0.29, 0.717) is 29.8 Å². The van der Waals surface area contributed by atoms with E-state index in [4.69, 9.17) is 10.8 Å². The van der Waals surface area contributed by atoms with Gasteiger partial charge in [0.05, 0.1) is 11.4 Å². The Hall–Kier alpha value is -4.46. The lowest BCUT2D eigenvalue weighted by molar-refractivity contribution is -0.114. The van der Waals surface area contributed by atoms with Crippen molar-refractivity contribution < 1.29 is 4.79 Å². The number of nitrogens with one attached hydrogen (secondary N) is 1. The Morgan fingerprint density at radius 3 is 2.81 bits per heavy atom. The smallest absolute Gasteiger partial charge is 0.250 e. The number of nitrogen functional groups attached to an aromatic ring is 1. The first kappa shape index (κ1) is 19.5. The molecule has 0 radical (unpaired) electrons. The molecule has 0 aliphatic heterocycles. The minimum absolute atomic E-state index is 0.175. The van der Waals surface area contributed by atoms with Gasteiger partial charge in [-0.2, -0.15) is 5.10 Å². The molecular weight excluding hydrogens is 402 g/mol. The Bertz CT molecular complexity index is 1440. The summed E-state index contributed by atoms with van der Waals surface area (Å²) in [6, 6.07) is 17.5. The second-order valence-electron chi connectivity index (χ2n) is 7.34. The molecule has 3 aromatic heterocycles. The summed E-state index contributed by atoms with van der Waals surface area (Å²) in [7, 11) is 0. The molecule has 1 amide bonds. The predicted octanol–water partition coefficient (Wildman–Crippen LogP) is 3.64. The number of fused-ring (bicyclic) bond motifs is 2. The second kappa shape index (κ2) is 7.99. The van der Waals surface area contributed by atoms with Crippen LogP contribution in [-0.2, 0) is 11.2 Å². The third-order valence-electron chi connectivity index (χ3n) is 5.42. The van der Waals surface area contributed by atoms with Crippen molar-refractivity contribution in [2.24, 2.45) is 0 Å². The number of carbonyl (C=O) groups excluding carboxylic acids is 1. The highest BCUT2D eigenvalue weighted by atomic mass is 16.2. The van der Waals surface area contributed by atoms with Crippen molar-refractivity contribution in [2.75, 3.05) is 17.2 Å². The topological polar surface area (TPSA) is 106 Å². The summed E-state index contributed by atoms with van der Waals surface area (Å²) in [5.74, 6) is 0.175. The van der Waals surface area contributed by atoms with E-state index < -0.39 is 0 Å². The van der Waals surface area contributed by atoms with E-state index in [2.05, 4.69) is 21.5 Å². The van der Waals surface area contributed by atoms with Crippen molar-refractivity contribution in [3.63, 3.8) is 0 Å². The lowest BCUT2D eigenvalue weighted by Gasteiger charge is -2.20. The maximum Gasteiger partial charge on any atom is 0.250 e. The van der Waals surface area contributed by atoms with Crippen LogP contribution >= 0.6 is 0 Å². The number of aromatic amines is 1. The molecule has 3 N–H and O–H groups in total. The summed E-state index contributed by atoms with van der Waals surface area (Å²) in [4.78, 5) is 26.0. The van der Waals surface area contributed by atoms with E-state index in [9.17, 15) is 4.79 Å². The Balaban J connectivity index is 1.55. The van der Waals surface area contributed by atoms with Gasteiger partial charge in [-0.25, -0.2) is 14.6 Å². The van der Waals surface area contributed by atoms with Gasteiger partial charge in [0, 0.05) is 30.4 Å². The lowest BCUT2D eigenvalue weighted by atomic mass is 10.2. The fourth-order valence-electron chi connectivity index (χ4n) is 3.86. The Labute approximate surface area is 184 Å². The van der Waals surface area contributed by atoms with Crippen molar-refractivity contribution >= 4 is 39.3 Å². The van der Waals surface area contributed by atoms with Crippen LogP contribution in [0.1, 0.15) is 5.69 Å². The fourth-order valence-corrected chi connectivity index (χ4v) is 3.86. The number of carbonyl (C=O) groups is 1. The molecule has 8 heteroatoms. The first-order valence-electron chi connectivity index (χ1n) is 10.2. The van der Waals surface area contributed by atoms with Crippen molar-refractivity contribution in [3.8, 4) is 5.69 Å². The number of aromatic nitrogens is 5. The van der Waals surface area contributed by atoms with E-state index in [-0.39, 0.29) is 5.91 Å². The van der Waals surface area contributed by atoms with E-state index in [1.165, 1.54) is 12.4 Å². The van der Waals surface area contributed by atoms with Gasteiger partial charge >= 0.3 is 0 Å². The van der Waals surface area contributed by atoms with Crippen LogP contribution in [0.5, 0.6) is 0 Å². The maximum atomic E-state index is 12.5. The number of rotatable bonds is 6. The summed E-state index contributed by atoms with van der Waals surface area (Å²) in [6.45, 7) is 4.05. The molecular formula is C24H21N7O. The van der Waals surface area contributed by atoms with Gasteiger partial charge in [-0.15, -0.1) is 0 Å². The lowest BCUT2D eigenvalue weighted by Crippen LogP contribution is -2.31. The minimum atomic E-state index is -0.175.